The second-order valence-electron chi connectivity index (χ2n) is 5.25. The van der Waals surface area contributed by atoms with Gasteiger partial charge in [-0.1, -0.05) is 47.8 Å². The number of halogens is 1. The summed E-state index contributed by atoms with van der Waals surface area (Å²) in [6.07, 6.45) is 6.63. The van der Waals surface area contributed by atoms with E-state index in [2.05, 4.69) is 28.2 Å². The van der Waals surface area contributed by atoms with Gasteiger partial charge in [-0.05, 0) is 37.3 Å². The van der Waals surface area contributed by atoms with Gasteiger partial charge >= 0.3 is 0 Å². The quantitative estimate of drug-likeness (QED) is 0.606. The Morgan fingerprint density at radius 1 is 1.15 bits per heavy atom. The molecule has 0 aromatic heterocycles. The first kappa shape index (κ1) is 15.2. The molecule has 1 aliphatic rings. The summed E-state index contributed by atoms with van der Waals surface area (Å²) in [5.74, 6) is -0.518. The van der Waals surface area contributed by atoms with Crippen LogP contribution < -0.4 is 5.32 Å². The monoisotopic (exact) mass is 337 g/mol. The third-order valence-electron chi connectivity index (χ3n) is 3.68. The van der Waals surface area contributed by atoms with E-state index in [0.29, 0.717) is 16.0 Å². The lowest BCUT2D eigenvalue weighted by atomic mass is 9.97. The molecule has 0 bridgehead atoms. The molecule has 1 N–H and O–H groups in total. The lowest BCUT2D eigenvalue weighted by molar-refractivity contribution is 0.0879. The number of carbonyl (C=O) groups excluding carboxylic acids is 2. The third-order valence-corrected chi connectivity index (χ3v) is 4.60. The molecule has 0 saturated heterocycles. The van der Waals surface area contributed by atoms with Gasteiger partial charge in [-0.15, -0.1) is 0 Å². The van der Waals surface area contributed by atoms with Crippen LogP contribution in [-0.2, 0) is 6.42 Å². The average molecular weight is 338 g/mol. The zero-order chi connectivity index (χ0) is 14.5. The van der Waals surface area contributed by atoms with Gasteiger partial charge in [0, 0.05) is 4.83 Å². The Hall–Kier alpha value is -1.16. The summed E-state index contributed by atoms with van der Waals surface area (Å²) in [6, 6.07) is 5.52. The molecule has 2 rings (SSSR count). The van der Waals surface area contributed by atoms with Gasteiger partial charge in [0.2, 0.25) is 0 Å². The van der Waals surface area contributed by atoms with Crippen molar-refractivity contribution in [1.29, 1.82) is 0 Å². The van der Waals surface area contributed by atoms with Crippen molar-refractivity contribution in [2.75, 3.05) is 0 Å². The fraction of sp³-hybridized carbons (Fsp3) is 0.500. The Balaban J connectivity index is 1.95. The number of aryl methyl sites for hydroxylation is 1. The van der Waals surface area contributed by atoms with Crippen LogP contribution in [0.5, 0.6) is 0 Å². The van der Waals surface area contributed by atoms with Gasteiger partial charge in [0.15, 0.2) is 0 Å². The van der Waals surface area contributed by atoms with Crippen molar-refractivity contribution in [1.82, 2.24) is 5.32 Å². The summed E-state index contributed by atoms with van der Waals surface area (Å²) >= 11 is 3.70. The minimum Gasteiger partial charge on any atom is -0.288 e. The first-order chi connectivity index (χ1) is 9.63. The number of carbonyl (C=O) groups is 2. The number of benzene rings is 1. The molecule has 108 valence electrons. The van der Waals surface area contributed by atoms with Gasteiger partial charge in [0.05, 0.1) is 11.1 Å². The highest BCUT2D eigenvalue weighted by Crippen LogP contribution is 2.23. The van der Waals surface area contributed by atoms with Crippen LogP contribution in [0.2, 0.25) is 0 Å². The van der Waals surface area contributed by atoms with Gasteiger partial charge in [0.1, 0.15) is 0 Å². The van der Waals surface area contributed by atoms with Crippen molar-refractivity contribution in [2.45, 2.75) is 50.3 Å². The molecule has 1 aromatic rings. The molecule has 20 heavy (non-hydrogen) atoms. The Morgan fingerprint density at radius 2 is 1.90 bits per heavy atom. The molecule has 1 heterocycles. The van der Waals surface area contributed by atoms with Gasteiger partial charge in [-0.2, -0.15) is 0 Å². The van der Waals surface area contributed by atoms with E-state index >= 15 is 0 Å². The molecular formula is C16H20BrNO2. The maximum absolute atomic E-state index is 11.8. The molecule has 2 amide bonds. The van der Waals surface area contributed by atoms with E-state index in [-0.39, 0.29) is 11.8 Å². The molecule has 1 unspecified atom stereocenters. The molecule has 4 heteroatoms. The van der Waals surface area contributed by atoms with E-state index in [1.807, 2.05) is 12.1 Å². The Morgan fingerprint density at radius 3 is 2.65 bits per heavy atom. The van der Waals surface area contributed by atoms with Crippen molar-refractivity contribution >= 4 is 27.7 Å². The molecule has 0 spiro atoms. The number of alkyl halides is 1. The standard InChI is InChI=1S/C16H20BrNO2/c1-2-3-8-12(17)9-4-6-11-7-5-10-13-14(11)16(20)18-15(13)19/h5,7,10,12H,2-4,6,8-9H2,1H3,(H,18,19,20). The van der Waals surface area contributed by atoms with Crippen LogP contribution in [0.1, 0.15) is 65.3 Å². The molecule has 0 saturated carbocycles. The molecule has 1 aliphatic heterocycles. The Bertz CT molecular complexity index is 513. The van der Waals surface area contributed by atoms with Crippen LogP contribution in [0.15, 0.2) is 18.2 Å². The number of amides is 2. The van der Waals surface area contributed by atoms with E-state index in [0.717, 1.165) is 24.8 Å². The zero-order valence-electron chi connectivity index (χ0n) is 11.7. The van der Waals surface area contributed by atoms with Gasteiger partial charge in [-0.3, -0.25) is 14.9 Å². The predicted molar refractivity (Wildman–Crippen MR) is 83.4 cm³/mol. The van der Waals surface area contributed by atoms with Crippen LogP contribution in [0.4, 0.5) is 0 Å². The third kappa shape index (κ3) is 3.48. The normalized spacial score (nSPS) is 15.1. The van der Waals surface area contributed by atoms with E-state index < -0.39 is 0 Å². The van der Waals surface area contributed by atoms with E-state index in [9.17, 15) is 9.59 Å². The van der Waals surface area contributed by atoms with Crippen molar-refractivity contribution in [3.8, 4) is 0 Å². The lowest BCUT2D eigenvalue weighted by Crippen LogP contribution is -2.20. The first-order valence-electron chi connectivity index (χ1n) is 7.25. The van der Waals surface area contributed by atoms with Crippen molar-refractivity contribution in [3.05, 3.63) is 34.9 Å². The number of fused-ring (bicyclic) bond motifs is 1. The van der Waals surface area contributed by atoms with Crippen LogP contribution >= 0.6 is 15.9 Å². The number of rotatable bonds is 7. The van der Waals surface area contributed by atoms with E-state index in [1.54, 1.807) is 6.07 Å². The smallest absolute Gasteiger partial charge is 0.259 e. The second kappa shape index (κ2) is 7.02. The topological polar surface area (TPSA) is 46.2 Å². The van der Waals surface area contributed by atoms with Crippen LogP contribution in [0, 0.1) is 0 Å². The Kier molecular flexibility index (Phi) is 5.35. The van der Waals surface area contributed by atoms with Crippen LogP contribution in [0.3, 0.4) is 0 Å². The van der Waals surface area contributed by atoms with Crippen molar-refractivity contribution in [2.24, 2.45) is 0 Å². The maximum atomic E-state index is 11.8. The summed E-state index contributed by atoms with van der Waals surface area (Å²) < 4.78 is 0. The second-order valence-corrected chi connectivity index (χ2v) is 6.55. The summed E-state index contributed by atoms with van der Waals surface area (Å²) in [4.78, 5) is 23.9. The summed E-state index contributed by atoms with van der Waals surface area (Å²) in [5, 5.41) is 2.36. The highest BCUT2D eigenvalue weighted by molar-refractivity contribution is 9.09. The maximum Gasteiger partial charge on any atom is 0.259 e. The van der Waals surface area contributed by atoms with Gasteiger partial charge in [0.25, 0.3) is 11.8 Å². The summed E-state index contributed by atoms with van der Waals surface area (Å²) in [5.41, 5.74) is 2.09. The number of unbranched alkanes of at least 4 members (excludes halogenated alkanes) is 1. The molecule has 3 nitrogen and oxygen atoms in total. The minimum atomic E-state index is -0.270. The lowest BCUT2D eigenvalue weighted by Gasteiger charge is -2.10. The van der Waals surface area contributed by atoms with Crippen LogP contribution in [-0.4, -0.2) is 16.6 Å². The zero-order valence-corrected chi connectivity index (χ0v) is 13.3. The number of imide groups is 1. The van der Waals surface area contributed by atoms with E-state index in [1.165, 1.54) is 19.3 Å². The largest absolute Gasteiger partial charge is 0.288 e. The highest BCUT2D eigenvalue weighted by atomic mass is 79.9. The van der Waals surface area contributed by atoms with Crippen molar-refractivity contribution < 1.29 is 9.59 Å². The first-order valence-corrected chi connectivity index (χ1v) is 8.16. The highest BCUT2D eigenvalue weighted by Gasteiger charge is 2.28. The molecule has 0 radical (unpaired) electrons. The number of hydrogen-bond donors (Lipinski definition) is 1. The summed E-state index contributed by atoms with van der Waals surface area (Å²) in [7, 11) is 0. The van der Waals surface area contributed by atoms with Crippen LogP contribution in [0.25, 0.3) is 0 Å². The molecule has 1 atom stereocenters. The minimum absolute atomic E-state index is 0.248. The molecular weight excluding hydrogens is 318 g/mol. The fourth-order valence-electron chi connectivity index (χ4n) is 2.58. The van der Waals surface area contributed by atoms with Gasteiger partial charge < -0.3 is 0 Å². The molecule has 0 fully saturated rings. The fourth-order valence-corrected chi connectivity index (χ4v) is 3.23. The summed E-state index contributed by atoms with van der Waals surface area (Å²) in [6.45, 7) is 2.20. The number of nitrogens with one attached hydrogen (secondary N) is 1. The average Bonchev–Trinajstić information content (AvgIpc) is 2.73. The molecule has 1 aromatic carbocycles. The Labute approximate surface area is 128 Å². The van der Waals surface area contributed by atoms with E-state index in [4.69, 9.17) is 0 Å². The van der Waals surface area contributed by atoms with Crippen molar-refractivity contribution in [3.63, 3.8) is 0 Å². The van der Waals surface area contributed by atoms with Gasteiger partial charge in [-0.25, -0.2) is 0 Å². The predicted octanol–water partition coefficient (Wildman–Crippen LogP) is 3.85. The SMILES string of the molecule is CCCCC(Br)CCCc1cccc2c1C(=O)NC2=O. The number of hydrogen-bond acceptors (Lipinski definition) is 2. The molecule has 0 aliphatic carbocycles.